The molecule has 16 heavy (non-hydrogen) atoms. The fourth-order valence-corrected chi connectivity index (χ4v) is 1.45. The zero-order chi connectivity index (χ0) is 11.4. The van der Waals surface area contributed by atoms with Gasteiger partial charge in [-0.1, -0.05) is 6.92 Å². The second-order valence-electron chi connectivity index (χ2n) is 3.76. The van der Waals surface area contributed by atoms with Crippen LogP contribution in [0, 0.1) is 0 Å². The largest absolute Gasteiger partial charge is 0.472 e. The van der Waals surface area contributed by atoms with Gasteiger partial charge in [-0.05, 0) is 18.6 Å². The lowest BCUT2D eigenvalue weighted by Crippen LogP contribution is -2.22. The summed E-state index contributed by atoms with van der Waals surface area (Å²) >= 11 is 0. The molecule has 0 radical (unpaired) electrons. The van der Waals surface area contributed by atoms with E-state index in [-0.39, 0.29) is 6.04 Å². The van der Waals surface area contributed by atoms with E-state index in [1.165, 1.54) is 0 Å². The minimum Gasteiger partial charge on any atom is -0.472 e. The molecule has 4 heteroatoms. The van der Waals surface area contributed by atoms with Crippen LogP contribution in [0.4, 0.5) is 0 Å². The topological polar surface area (TPSA) is 64.9 Å². The molecule has 0 spiro atoms. The SMILES string of the molecule is CCC(N)Cc1ccnc(-c2ccoc2)n1. The van der Waals surface area contributed by atoms with Crippen LogP contribution in [0.5, 0.6) is 0 Å². The molecule has 0 bridgehead atoms. The van der Waals surface area contributed by atoms with Crippen LogP contribution < -0.4 is 5.73 Å². The Morgan fingerprint density at radius 2 is 2.31 bits per heavy atom. The van der Waals surface area contributed by atoms with Crippen molar-refractivity contribution in [1.29, 1.82) is 0 Å². The van der Waals surface area contributed by atoms with E-state index in [4.69, 9.17) is 10.2 Å². The Bertz CT molecular complexity index is 439. The Hall–Kier alpha value is -1.68. The van der Waals surface area contributed by atoms with Crippen LogP contribution in [-0.2, 0) is 6.42 Å². The Balaban J connectivity index is 2.20. The Labute approximate surface area is 94.5 Å². The first-order valence-electron chi connectivity index (χ1n) is 5.39. The van der Waals surface area contributed by atoms with Crippen LogP contribution in [0.2, 0.25) is 0 Å². The first-order valence-corrected chi connectivity index (χ1v) is 5.39. The quantitative estimate of drug-likeness (QED) is 0.850. The predicted octanol–water partition coefficient (Wildman–Crippen LogP) is 2.02. The van der Waals surface area contributed by atoms with Gasteiger partial charge >= 0.3 is 0 Å². The molecule has 0 aromatic carbocycles. The van der Waals surface area contributed by atoms with Crippen LogP contribution in [0.25, 0.3) is 11.4 Å². The standard InChI is InChI=1S/C12H15N3O/c1-2-10(13)7-11-3-5-14-12(15-11)9-4-6-16-8-9/h3-6,8,10H,2,7,13H2,1H3. The van der Waals surface area contributed by atoms with Crippen molar-refractivity contribution < 1.29 is 4.42 Å². The van der Waals surface area contributed by atoms with Crippen molar-refractivity contribution in [2.45, 2.75) is 25.8 Å². The van der Waals surface area contributed by atoms with Gasteiger partial charge in [0.2, 0.25) is 0 Å². The van der Waals surface area contributed by atoms with Gasteiger partial charge in [-0.15, -0.1) is 0 Å². The summed E-state index contributed by atoms with van der Waals surface area (Å²) in [5.74, 6) is 0.689. The Morgan fingerprint density at radius 3 is 3.00 bits per heavy atom. The van der Waals surface area contributed by atoms with Crippen LogP contribution >= 0.6 is 0 Å². The number of rotatable bonds is 4. The first kappa shape index (κ1) is 10.8. The van der Waals surface area contributed by atoms with Crippen molar-refractivity contribution in [1.82, 2.24) is 9.97 Å². The Kier molecular flexibility index (Phi) is 3.31. The highest BCUT2D eigenvalue weighted by Crippen LogP contribution is 2.15. The molecule has 0 aliphatic rings. The summed E-state index contributed by atoms with van der Waals surface area (Å²) in [6.07, 6.45) is 6.74. The second kappa shape index (κ2) is 4.90. The molecule has 1 atom stereocenters. The van der Waals surface area contributed by atoms with Gasteiger partial charge < -0.3 is 10.2 Å². The number of aromatic nitrogens is 2. The monoisotopic (exact) mass is 217 g/mol. The molecule has 0 amide bonds. The molecule has 2 aromatic heterocycles. The maximum Gasteiger partial charge on any atom is 0.162 e. The molecule has 0 aliphatic carbocycles. The number of hydrogen-bond acceptors (Lipinski definition) is 4. The summed E-state index contributed by atoms with van der Waals surface area (Å²) in [5.41, 5.74) is 7.76. The third-order valence-corrected chi connectivity index (χ3v) is 2.49. The lowest BCUT2D eigenvalue weighted by atomic mass is 10.1. The van der Waals surface area contributed by atoms with Gasteiger partial charge in [-0.2, -0.15) is 0 Å². The molecular weight excluding hydrogens is 202 g/mol. The van der Waals surface area contributed by atoms with Crippen molar-refractivity contribution in [2.75, 3.05) is 0 Å². The van der Waals surface area contributed by atoms with Crippen LogP contribution in [0.15, 0.2) is 35.3 Å². The highest BCUT2D eigenvalue weighted by atomic mass is 16.3. The Morgan fingerprint density at radius 1 is 1.44 bits per heavy atom. The van der Waals surface area contributed by atoms with Crippen LogP contribution in [0.3, 0.4) is 0 Å². The van der Waals surface area contributed by atoms with Gasteiger partial charge in [0.15, 0.2) is 5.82 Å². The first-order chi connectivity index (χ1) is 7.79. The summed E-state index contributed by atoms with van der Waals surface area (Å²) in [7, 11) is 0. The van der Waals surface area contributed by atoms with E-state index in [2.05, 4.69) is 16.9 Å². The second-order valence-corrected chi connectivity index (χ2v) is 3.76. The number of nitrogens with two attached hydrogens (primary N) is 1. The van der Waals surface area contributed by atoms with Crippen molar-refractivity contribution in [3.05, 3.63) is 36.5 Å². The molecule has 4 nitrogen and oxygen atoms in total. The van der Waals surface area contributed by atoms with E-state index < -0.39 is 0 Å². The van der Waals surface area contributed by atoms with E-state index >= 15 is 0 Å². The summed E-state index contributed by atoms with van der Waals surface area (Å²) in [5, 5.41) is 0. The van der Waals surface area contributed by atoms with Gasteiger partial charge in [0.25, 0.3) is 0 Å². The molecule has 0 aliphatic heterocycles. The highest BCUT2D eigenvalue weighted by Gasteiger charge is 2.06. The minimum absolute atomic E-state index is 0.159. The van der Waals surface area contributed by atoms with Gasteiger partial charge in [0, 0.05) is 24.4 Å². The molecule has 2 rings (SSSR count). The van der Waals surface area contributed by atoms with E-state index in [0.29, 0.717) is 5.82 Å². The molecule has 1 unspecified atom stereocenters. The van der Waals surface area contributed by atoms with E-state index in [9.17, 15) is 0 Å². The van der Waals surface area contributed by atoms with Crippen LogP contribution in [0.1, 0.15) is 19.0 Å². The lowest BCUT2D eigenvalue weighted by Gasteiger charge is -2.07. The van der Waals surface area contributed by atoms with Gasteiger partial charge in [0.1, 0.15) is 6.26 Å². The molecule has 2 N–H and O–H groups in total. The minimum atomic E-state index is 0.159. The number of nitrogens with zero attached hydrogens (tertiary/aromatic N) is 2. The zero-order valence-corrected chi connectivity index (χ0v) is 9.26. The predicted molar refractivity (Wildman–Crippen MR) is 61.7 cm³/mol. The van der Waals surface area contributed by atoms with Gasteiger partial charge in [-0.3, -0.25) is 0 Å². The normalized spacial score (nSPS) is 12.6. The average molecular weight is 217 g/mol. The maximum atomic E-state index is 5.89. The third-order valence-electron chi connectivity index (χ3n) is 2.49. The molecule has 2 heterocycles. The summed E-state index contributed by atoms with van der Waals surface area (Å²) in [4.78, 5) is 8.66. The highest BCUT2D eigenvalue weighted by molar-refractivity contribution is 5.52. The maximum absolute atomic E-state index is 5.89. The fraction of sp³-hybridized carbons (Fsp3) is 0.333. The van der Waals surface area contributed by atoms with Crippen molar-refractivity contribution in [3.63, 3.8) is 0 Å². The number of furan rings is 1. The number of hydrogen-bond donors (Lipinski definition) is 1. The van der Waals surface area contributed by atoms with Crippen molar-refractivity contribution >= 4 is 0 Å². The van der Waals surface area contributed by atoms with Gasteiger partial charge in [-0.25, -0.2) is 9.97 Å². The lowest BCUT2D eigenvalue weighted by molar-refractivity contribution is 0.568. The van der Waals surface area contributed by atoms with Crippen molar-refractivity contribution in [2.24, 2.45) is 5.73 Å². The molecular formula is C12H15N3O. The molecule has 0 saturated carbocycles. The van der Waals surface area contributed by atoms with Gasteiger partial charge in [0.05, 0.1) is 11.8 Å². The van der Waals surface area contributed by atoms with Crippen LogP contribution in [-0.4, -0.2) is 16.0 Å². The van der Waals surface area contributed by atoms with E-state index in [0.717, 1.165) is 24.1 Å². The van der Waals surface area contributed by atoms with Crippen molar-refractivity contribution in [3.8, 4) is 11.4 Å². The summed E-state index contributed by atoms with van der Waals surface area (Å²) in [6.45, 7) is 2.07. The molecule has 2 aromatic rings. The van der Waals surface area contributed by atoms with E-state index in [1.807, 2.05) is 12.1 Å². The third kappa shape index (κ3) is 2.46. The smallest absolute Gasteiger partial charge is 0.162 e. The van der Waals surface area contributed by atoms with E-state index in [1.54, 1.807) is 18.7 Å². The molecule has 0 fully saturated rings. The molecule has 84 valence electrons. The summed E-state index contributed by atoms with van der Waals surface area (Å²) in [6, 6.07) is 3.91. The summed E-state index contributed by atoms with van der Waals surface area (Å²) < 4.78 is 5.01. The average Bonchev–Trinajstić information content (AvgIpc) is 2.83. The fourth-order valence-electron chi connectivity index (χ4n) is 1.45. The zero-order valence-electron chi connectivity index (χ0n) is 9.26. The molecule has 0 saturated heterocycles.